The summed E-state index contributed by atoms with van der Waals surface area (Å²) in [7, 11) is 0. The SMILES string of the molecule is CC(Cc1ccco1)NC(=O)c1ccccc1NC(=O)c1nsc2ccccc12. The van der Waals surface area contributed by atoms with Gasteiger partial charge in [-0.1, -0.05) is 30.3 Å². The predicted octanol–water partition coefficient (Wildman–Crippen LogP) is 4.50. The van der Waals surface area contributed by atoms with E-state index in [0.717, 1.165) is 15.8 Å². The molecule has 0 aliphatic carbocycles. The Morgan fingerprint density at radius 2 is 1.83 bits per heavy atom. The smallest absolute Gasteiger partial charge is 0.276 e. The normalized spacial score (nSPS) is 11.9. The average molecular weight is 405 g/mol. The lowest BCUT2D eigenvalue weighted by Gasteiger charge is -2.15. The molecule has 1 atom stereocenters. The van der Waals surface area contributed by atoms with E-state index in [1.54, 1.807) is 30.5 Å². The highest BCUT2D eigenvalue weighted by Gasteiger charge is 2.19. The Morgan fingerprint density at radius 1 is 1.03 bits per heavy atom. The molecule has 2 heterocycles. The van der Waals surface area contributed by atoms with Crippen LogP contribution in [-0.2, 0) is 6.42 Å². The molecule has 0 aliphatic rings. The van der Waals surface area contributed by atoms with Crippen LogP contribution in [0.5, 0.6) is 0 Å². The minimum Gasteiger partial charge on any atom is -0.469 e. The third kappa shape index (κ3) is 4.20. The summed E-state index contributed by atoms with van der Waals surface area (Å²) >= 11 is 1.27. The average Bonchev–Trinajstić information content (AvgIpc) is 3.37. The van der Waals surface area contributed by atoms with Crippen molar-refractivity contribution in [2.75, 3.05) is 5.32 Å². The van der Waals surface area contributed by atoms with E-state index in [0.29, 0.717) is 23.4 Å². The van der Waals surface area contributed by atoms with Crippen molar-refractivity contribution in [3.05, 3.63) is 83.9 Å². The lowest BCUT2D eigenvalue weighted by Crippen LogP contribution is -2.34. The molecular weight excluding hydrogens is 386 g/mol. The first kappa shape index (κ1) is 18.9. The van der Waals surface area contributed by atoms with Crippen molar-refractivity contribution in [2.45, 2.75) is 19.4 Å². The van der Waals surface area contributed by atoms with E-state index < -0.39 is 0 Å². The third-order valence-corrected chi connectivity index (χ3v) is 5.30. The molecular formula is C22H19N3O3S. The highest BCUT2D eigenvalue weighted by atomic mass is 32.1. The Bertz CT molecular complexity index is 1150. The van der Waals surface area contributed by atoms with Gasteiger partial charge in [0.2, 0.25) is 0 Å². The van der Waals surface area contributed by atoms with Gasteiger partial charge in [0, 0.05) is 17.8 Å². The van der Waals surface area contributed by atoms with E-state index >= 15 is 0 Å². The van der Waals surface area contributed by atoms with E-state index in [1.165, 1.54) is 11.5 Å². The highest BCUT2D eigenvalue weighted by molar-refractivity contribution is 7.13. The number of carbonyl (C=O) groups excluding carboxylic acids is 2. The number of para-hydroxylation sites is 1. The van der Waals surface area contributed by atoms with Gasteiger partial charge in [-0.3, -0.25) is 9.59 Å². The first-order valence-corrected chi connectivity index (χ1v) is 9.97. The van der Waals surface area contributed by atoms with Gasteiger partial charge in [0.25, 0.3) is 11.8 Å². The van der Waals surface area contributed by atoms with Crippen molar-refractivity contribution < 1.29 is 14.0 Å². The number of amides is 2. The first-order valence-electron chi connectivity index (χ1n) is 9.20. The fourth-order valence-electron chi connectivity index (χ4n) is 3.10. The molecule has 2 N–H and O–H groups in total. The molecule has 29 heavy (non-hydrogen) atoms. The van der Waals surface area contributed by atoms with Crippen LogP contribution in [0.4, 0.5) is 5.69 Å². The summed E-state index contributed by atoms with van der Waals surface area (Å²) in [5.41, 5.74) is 1.19. The van der Waals surface area contributed by atoms with E-state index in [1.807, 2.05) is 43.3 Å². The molecule has 0 saturated heterocycles. The summed E-state index contributed by atoms with van der Waals surface area (Å²) in [6, 6.07) is 18.1. The van der Waals surface area contributed by atoms with Gasteiger partial charge in [-0.2, -0.15) is 4.37 Å². The van der Waals surface area contributed by atoms with Crippen molar-refractivity contribution in [2.24, 2.45) is 0 Å². The Balaban J connectivity index is 1.50. The Labute approximate surface area is 171 Å². The second-order valence-electron chi connectivity index (χ2n) is 6.69. The van der Waals surface area contributed by atoms with Gasteiger partial charge in [-0.25, -0.2) is 0 Å². The molecule has 0 bridgehead atoms. The Kier molecular flexibility index (Phi) is 5.39. The van der Waals surface area contributed by atoms with Crippen LogP contribution >= 0.6 is 11.5 Å². The lowest BCUT2D eigenvalue weighted by atomic mass is 10.1. The van der Waals surface area contributed by atoms with E-state index in [9.17, 15) is 9.59 Å². The first-order chi connectivity index (χ1) is 14.1. The molecule has 4 aromatic rings. The summed E-state index contributed by atoms with van der Waals surface area (Å²) in [5.74, 6) is 0.198. The summed E-state index contributed by atoms with van der Waals surface area (Å²) < 4.78 is 10.5. The standard InChI is InChI=1S/C22H19N3O3S/c1-14(13-15-7-6-12-28-15)23-21(26)16-8-2-4-10-18(16)24-22(27)20-17-9-3-5-11-19(17)29-25-20/h2-12,14H,13H2,1H3,(H,23,26)(H,24,27). The molecule has 2 aromatic carbocycles. The minimum atomic E-state index is -0.341. The highest BCUT2D eigenvalue weighted by Crippen LogP contribution is 2.24. The van der Waals surface area contributed by atoms with Crippen LogP contribution in [0, 0.1) is 0 Å². The zero-order valence-corrected chi connectivity index (χ0v) is 16.5. The number of furan rings is 1. The molecule has 0 saturated carbocycles. The number of fused-ring (bicyclic) bond motifs is 1. The van der Waals surface area contributed by atoms with Crippen LogP contribution in [-0.4, -0.2) is 22.2 Å². The maximum atomic E-state index is 12.8. The summed E-state index contributed by atoms with van der Waals surface area (Å²) in [5, 5.41) is 6.57. The molecule has 6 nitrogen and oxygen atoms in total. The molecule has 0 spiro atoms. The molecule has 0 radical (unpaired) electrons. The monoisotopic (exact) mass is 405 g/mol. The van der Waals surface area contributed by atoms with Gasteiger partial charge >= 0.3 is 0 Å². The quantitative estimate of drug-likeness (QED) is 0.495. The van der Waals surface area contributed by atoms with Crippen molar-refractivity contribution >= 4 is 39.1 Å². The van der Waals surface area contributed by atoms with Gasteiger partial charge in [-0.15, -0.1) is 0 Å². The molecule has 1 unspecified atom stereocenters. The lowest BCUT2D eigenvalue weighted by molar-refractivity contribution is 0.0940. The van der Waals surface area contributed by atoms with Gasteiger partial charge < -0.3 is 15.1 Å². The van der Waals surface area contributed by atoms with E-state index in [2.05, 4.69) is 15.0 Å². The fraction of sp³-hybridized carbons (Fsp3) is 0.136. The van der Waals surface area contributed by atoms with Crippen molar-refractivity contribution in [3.8, 4) is 0 Å². The van der Waals surface area contributed by atoms with Gasteiger partial charge in [-0.05, 0) is 48.8 Å². The minimum absolute atomic E-state index is 0.125. The molecule has 0 fully saturated rings. The number of nitrogens with one attached hydrogen (secondary N) is 2. The second kappa shape index (κ2) is 8.28. The van der Waals surface area contributed by atoms with Crippen LogP contribution in [0.2, 0.25) is 0 Å². The molecule has 4 rings (SSSR count). The van der Waals surface area contributed by atoms with Gasteiger partial charge in [0.05, 0.1) is 22.2 Å². The summed E-state index contributed by atoms with van der Waals surface area (Å²) in [6.07, 6.45) is 2.19. The summed E-state index contributed by atoms with van der Waals surface area (Å²) in [6.45, 7) is 1.91. The number of carbonyl (C=O) groups is 2. The van der Waals surface area contributed by atoms with Crippen LogP contribution in [0.15, 0.2) is 71.3 Å². The van der Waals surface area contributed by atoms with Gasteiger partial charge in [0.15, 0.2) is 0 Å². The molecule has 2 amide bonds. The number of aromatic nitrogens is 1. The van der Waals surface area contributed by atoms with Crippen LogP contribution in [0.3, 0.4) is 0 Å². The van der Waals surface area contributed by atoms with E-state index in [-0.39, 0.29) is 17.9 Å². The number of hydrogen-bond acceptors (Lipinski definition) is 5. The largest absolute Gasteiger partial charge is 0.469 e. The molecule has 146 valence electrons. The number of nitrogens with zero attached hydrogens (tertiary/aromatic N) is 1. The van der Waals surface area contributed by atoms with Gasteiger partial charge in [0.1, 0.15) is 11.5 Å². The number of rotatable bonds is 6. The third-order valence-electron chi connectivity index (χ3n) is 4.48. The van der Waals surface area contributed by atoms with Crippen LogP contribution in [0.25, 0.3) is 10.1 Å². The fourth-order valence-corrected chi connectivity index (χ4v) is 3.88. The summed E-state index contributed by atoms with van der Waals surface area (Å²) in [4.78, 5) is 25.6. The number of benzene rings is 2. The van der Waals surface area contributed by atoms with Crippen LogP contribution in [0.1, 0.15) is 33.5 Å². The van der Waals surface area contributed by atoms with Crippen molar-refractivity contribution in [1.82, 2.24) is 9.69 Å². The topological polar surface area (TPSA) is 84.2 Å². The maximum Gasteiger partial charge on any atom is 0.276 e. The Morgan fingerprint density at radius 3 is 2.66 bits per heavy atom. The number of anilines is 1. The Hall–Kier alpha value is -3.45. The van der Waals surface area contributed by atoms with E-state index in [4.69, 9.17) is 4.42 Å². The molecule has 7 heteroatoms. The maximum absolute atomic E-state index is 12.8. The second-order valence-corrected chi connectivity index (χ2v) is 7.49. The number of hydrogen-bond donors (Lipinski definition) is 2. The zero-order valence-electron chi connectivity index (χ0n) is 15.7. The predicted molar refractivity (Wildman–Crippen MR) is 113 cm³/mol. The van der Waals surface area contributed by atoms with Crippen molar-refractivity contribution in [3.63, 3.8) is 0 Å². The van der Waals surface area contributed by atoms with Crippen LogP contribution < -0.4 is 10.6 Å². The zero-order chi connectivity index (χ0) is 20.2. The molecule has 2 aromatic heterocycles. The van der Waals surface area contributed by atoms with Crippen molar-refractivity contribution in [1.29, 1.82) is 0 Å². The molecule has 0 aliphatic heterocycles.